The van der Waals surface area contributed by atoms with E-state index in [0.717, 1.165) is 6.54 Å². The second kappa shape index (κ2) is 4.84. The number of rotatable bonds is 2. The van der Waals surface area contributed by atoms with Crippen LogP contribution in [0.15, 0.2) is 24.8 Å². The number of piperidine rings is 1. The monoisotopic (exact) mass is 215 g/mol. The van der Waals surface area contributed by atoms with Crippen LogP contribution < -0.4 is 5.32 Å². The van der Waals surface area contributed by atoms with Crippen LogP contribution in [0.5, 0.6) is 0 Å². The highest BCUT2D eigenvalue weighted by Gasteiger charge is 2.18. The minimum atomic E-state index is 0.480. The predicted molar refractivity (Wildman–Crippen MR) is 70.6 cm³/mol. The van der Waals surface area contributed by atoms with Crippen molar-refractivity contribution >= 4 is 5.57 Å². The zero-order chi connectivity index (χ0) is 11.5. The molecule has 1 fully saturated rings. The van der Waals surface area contributed by atoms with Crippen LogP contribution in [0.25, 0.3) is 5.57 Å². The molecule has 0 amide bonds. The maximum Gasteiger partial charge on any atom is 0.0320 e. The first-order valence-corrected chi connectivity index (χ1v) is 6.19. The van der Waals surface area contributed by atoms with Crippen molar-refractivity contribution in [1.29, 1.82) is 0 Å². The third-order valence-electron chi connectivity index (χ3n) is 3.53. The van der Waals surface area contributed by atoms with Crippen LogP contribution in [-0.2, 0) is 0 Å². The molecule has 1 aliphatic rings. The second-order valence-electron chi connectivity index (χ2n) is 4.79. The lowest BCUT2D eigenvalue weighted by molar-refractivity contribution is 0.463. The normalized spacial score (nSPS) is 20.8. The van der Waals surface area contributed by atoms with E-state index in [9.17, 15) is 0 Å². The fraction of sp³-hybridized carbons (Fsp3) is 0.467. The van der Waals surface area contributed by atoms with Crippen LogP contribution in [-0.4, -0.2) is 12.6 Å². The highest BCUT2D eigenvalue weighted by molar-refractivity contribution is 5.72. The van der Waals surface area contributed by atoms with E-state index < -0.39 is 0 Å². The van der Waals surface area contributed by atoms with Gasteiger partial charge in [-0.3, -0.25) is 0 Å². The van der Waals surface area contributed by atoms with Crippen molar-refractivity contribution < 1.29 is 0 Å². The van der Waals surface area contributed by atoms with E-state index in [0.29, 0.717) is 6.04 Å². The Labute approximate surface area is 98.6 Å². The summed E-state index contributed by atoms with van der Waals surface area (Å²) in [4.78, 5) is 0. The number of hydrogen-bond donors (Lipinski definition) is 1. The largest absolute Gasteiger partial charge is 0.310 e. The first-order valence-electron chi connectivity index (χ1n) is 6.19. The molecule has 1 heterocycles. The Morgan fingerprint density at radius 2 is 1.94 bits per heavy atom. The molecule has 0 saturated carbocycles. The van der Waals surface area contributed by atoms with Gasteiger partial charge in [0, 0.05) is 6.04 Å². The summed E-state index contributed by atoms with van der Waals surface area (Å²) >= 11 is 0. The molecule has 1 aliphatic heterocycles. The fourth-order valence-electron chi connectivity index (χ4n) is 2.64. The molecule has 1 heteroatoms. The summed E-state index contributed by atoms with van der Waals surface area (Å²) in [6.45, 7) is 9.80. The smallest absolute Gasteiger partial charge is 0.0320 e. The molecule has 1 unspecified atom stereocenters. The average molecular weight is 215 g/mol. The van der Waals surface area contributed by atoms with Gasteiger partial charge < -0.3 is 5.32 Å². The summed E-state index contributed by atoms with van der Waals surface area (Å²) in [6.07, 6.45) is 3.85. The Kier molecular flexibility index (Phi) is 3.45. The molecule has 0 bridgehead atoms. The minimum absolute atomic E-state index is 0.480. The standard InChI is InChI=1S/C15H21N/c1-11-7-6-8-12(2)15(11)13(3)14-9-4-5-10-16-14/h6-8,14,16H,3-5,9-10H2,1-2H3. The van der Waals surface area contributed by atoms with Gasteiger partial charge in [-0.15, -0.1) is 0 Å². The SMILES string of the molecule is C=C(c1c(C)cccc1C)C1CCCCN1. The zero-order valence-corrected chi connectivity index (χ0v) is 10.3. The first kappa shape index (κ1) is 11.4. The van der Waals surface area contributed by atoms with Crippen molar-refractivity contribution in [2.75, 3.05) is 6.54 Å². The van der Waals surface area contributed by atoms with E-state index in [1.807, 2.05) is 0 Å². The van der Waals surface area contributed by atoms with Gasteiger partial charge in [0.1, 0.15) is 0 Å². The molecule has 16 heavy (non-hydrogen) atoms. The summed E-state index contributed by atoms with van der Waals surface area (Å²) in [5.41, 5.74) is 5.33. The maximum atomic E-state index is 4.31. The van der Waals surface area contributed by atoms with E-state index in [1.165, 1.54) is 41.5 Å². The Morgan fingerprint density at radius 1 is 1.25 bits per heavy atom. The molecule has 1 N–H and O–H groups in total. The lowest BCUT2D eigenvalue weighted by Crippen LogP contribution is -2.34. The van der Waals surface area contributed by atoms with Gasteiger partial charge in [0.25, 0.3) is 0 Å². The van der Waals surface area contributed by atoms with Crippen molar-refractivity contribution in [2.24, 2.45) is 0 Å². The molecule has 0 spiro atoms. The molecule has 0 aliphatic carbocycles. The number of nitrogens with one attached hydrogen (secondary N) is 1. The van der Waals surface area contributed by atoms with E-state index in [2.05, 4.69) is 43.9 Å². The van der Waals surface area contributed by atoms with Gasteiger partial charge in [-0.1, -0.05) is 31.2 Å². The summed E-state index contributed by atoms with van der Waals surface area (Å²) in [5, 5.41) is 3.57. The summed E-state index contributed by atoms with van der Waals surface area (Å²) < 4.78 is 0. The molecule has 1 atom stereocenters. The third kappa shape index (κ3) is 2.19. The van der Waals surface area contributed by atoms with E-state index in [1.54, 1.807) is 0 Å². The molecule has 2 rings (SSSR count). The highest BCUT2D eigenvalue weighted by Crippen LogP contribution is 2.27. The molecule has 0 radical (unpaired) electrons. The zero-order valence-electron chi connectivity index (χ0n) is 10.3. The van der Waals surface area contributed by atoms with Gasteiger partial charge in [-0.25, -0.2) is 0 Å². The number of aryl methyl sites for hydroxylation is 2. The van der Waals surface area contributed by atoms with Gasteiger partial charge in [-0.2, -0.15) is 0 Å². The van der Waals surface area contributed by atoms with Crippen LogP contribution in [0.1, 0.15) is 36.0 Å². The molecule has 0 aromatic heterocycles. The molecule has 1 nitrogen and oxygen atoms in total. The van der Waals surface area contributed by atoms with E-state index in [-0.39, 0.29) is 0 Å². The van der Waals surface area contributed by atoms with Crippen LogP contribution in [0.3, 0.4) is 0 Å². The molecule has 1 saturated heterocycles. The number of hydrogen-bond acceptors (Lipinski definition) is 1. The quantitative estimate of drug-likeness (QED) is 0.796. The van der Waals surface area contributed by atoms with Gasteiger partial charge in [0.05, 0.1) is 0 Å². The van der Waals surface area contributed by atoms with Gasteiger partial charge in [0.2, 0.25) is 0 Å². The minimum Gasteiger partial charge on any atom is -0.310 e. The Bertz CT molecular complexity index is 366. The van der Waals surface area contributed by atoms with Crippen LogP contribution >= 0.6 is 0 Å². The summed E-state index contributed by atoms with van der Waals surface area (Å²) in [6, 6.07) is 6.95. The second-order valence-corrected chi connectivity index (χ2v) is 4.79. The van der Waals surface area contributed by atoms with Gasteiger partial charge >= 0.3 is 0 Å². The van der Waals surface area contributed by atoms with Crippen LogP contribution in [0.2, 0.25) is 0 Å². The lowest BCUT2D eigenvalue weighted by Gasteiger charge is -2.27. The molecule has 1 aromatic carbocycles. The van der Waals surface area contributed by atoms with Crippen molar-refractivity contribution in [2.45, 2.75) is 39.2 Å². The van der Waals surface area contributed by atoms with E-state index in [4.69, 9.17) is 0 Å². The summed E-state index contributed by atoms with van der Waals surface area (Å²) in [5.74, 6) is 0. The van der Waals surface area contributed by atoms with Crippen LogP contribution in [0, 0.1) is 13.8 Å². The Balaban J connectivity index is 2.26. The molecular weight excluding hydrogens is 194 g/mol. The number of benzene rings is 1. The summed E-state index contributed by atoms with van der Waals surface area (Å²) in [7, 11) is 0. The Hall–Kier alpha value is -1.08. The molecule has 86 valence electrons. The fourth-order valence-corrected chi connectivity index (χ4v) is 2.64. The molecule has 1 aromatic rings. The van der Waals surface area contributed by atoms with Crippen molar-refractivity contribution in [1.82, 2.24) is 5.32 Å². The van der Waals surface area contributed by atoms with Crippen molar-refractivity contribution in [3.63, 3.8) is 0 Å². The average Bonchev–Trinajstić information content (AvgIpc) is 2.30. The molecular formula is C15H21N. The topological polar surface area (TPSA) is 12.0 Å². The first-order chi connectivity index (χ1) is 7.70. The van der Waals surface area contributed by atoms with Gasteiger partial charge in [0.15, 0.2) is 0 Å². The van der Waals surface area contributed by atoms with E-state index >= 15 is 0 Å². The lowest BCUT2D eigenvalue weighted by atomic mass is 9.88. The van der Waals surface area contributed by atoms with Crippen molar-refractivity contribution in [3.8, 4) is 0 Å². The maximum absolute atomic E-state index is 4.31. The Morgan fingerprint density at radius 3 is 2.50 bits per heavy atom. The predicted octanol–water partition coefficient (Wildman–Crippen LogP) is 3.46. The third-order valence-corrected chi connectivity index (χ3v) is 3.53. The highest BCUT2D eigenvalue weighted by atomic mass is 14.9. The van der Waals surface area contributed by atoms with Crippen molar-refractivity contribution in [3.05, 3.63) is 41.5 Å². The van der Waals surface area contributed by atoms with Crippen LogP contribution in [0.4, 0.5) is 0 Å². The van der Waals surface area contributed by atoms with Gasteiger partial charge in [-0.05, 0) is 55.5 Å².